The number of nitrogens with one attached hydrogen (secondary N) is 1. The molecule has 0 spiro atoms. The van der Waals surface area contributed by atoms with Crippen molar-refractivity contribution >= 4 is 44.2 Å². The summed E-state index contributed by atoms with van der Waals surface area (Å²) < 4.78 is 40.1. The van der Waals surface area contributed by atoms with E-state index in [0.717, 1.165) is 5.39 Å². The molecule has 1 unspecified atom stereocenters. The van der Waals surface area contributed by atoms with Crippen molar-refractivity contribution < 1.29 is 22.7 Å². The van der Waals surface area contributed by atoms with Crippen LogP contribution in [-0.4, -0.2) is 44.2 Å². The quantitative estimate of drug-likeness (QED) is 0.485. The van der Waals surface area contributed by atoms with Crippen LogP contribution < -0.4 is 9.46 Å². The number of rotatable bonds is 5. The maximum atomic E-state index is 12.9. The first-order chi connectivity index (χ1) is 16.0. The highest BCUT2D eigenvalue weighted by atomic mass is 35.5. The van der Waals surface area contributed by atoms with Gasteiger partial charge in [-0.3, -0.25) is 4.72 Å². The number of hydrogen-bond donors (Lipinski definition) is 1. The van der Waals surface area contributed by atoms with E-state index in [4.69, 9.17) is 21.1 Å². The van der Waals surface area contributed by atoms with Gasteiger partial charge in [0, 0.05) is 28.8 Å². The molecule has 3 aromatic rings. The van der Waals surface area contributed by atoms with Crippen LogP contribution in [-0.2, 0) is 14.8 Å². The van der Waals surface area contributed by atoms with Crippen LogP contribution in [0.4, 0.5) is 10.5 Å². The summed E-state index contributed by atoms with van der Waals surface area (Å²) in [5, 5.41) is 1.94. The summed E-state index contributed by atoms with van der Waals surface area (Å²) in [6.45, 7) is 6.49. The van der Waals surface area contributed by atoms with Gasteiger partial charge in [0.05, 0.1) is 17.1 Å². The predicted octanol–water partition coefficient (Wildman–Crippen LogP) is 5.68. The van der Waals surface area contributed by atoms with Crippen LogP contribution in [0.3, 0.4) is 0 Å². The van der Waals surface area contributed by atoms with E-state index in [0.29, 0.717) is 41.4 Å². The lowest BCUT2D eigenvalue weighted by molar-refractivity contribution is 0.0276. The Morgan fingerprint density at radius 3 is 2.38 bits per heavy atom. The van der Waals surface area contributed by atoms with E-state index >= 15 is 0 Å². The summed E-state index contributed by atoms with van der Waals surface area (Å²) >= 11 is 5.88. The Bertz CT molecular complexity index is 1300. The lowest BCUT2D eigenvalue weighted by Crippen LogP contribution is -2.36. The fraction of sp³-hybridized carbons (Fsp3) is 0.320. The number of benzene rings is 3. The maximum absolute atomic E-state index is 12.9. The van der Waals surface area contributed by atoms with E-state index in [-0.39, 0.29) is 17.1 Å². The average Bonchev–Trinajstić information content (AvgIpc) is 3.23. The van der Waals surface area contributed by atoms with Gasteiger partial charge in [-0.15, -0.1) is 0 Å². The highest BCUT2D eigenvalue weighted by Gasteiger charge is 2.31. The zero-order valence-electron chi connectivity index (χ0n) is 19.2. The molecule has 1 heterocycles. The SMILES string of the molecule is CC(C)(C)OC(=O)N1CCC(Oc2ccc(NS(=O)(=O)c3ccc(Cl)cc3)c3ccccc23)C1. The van der Waals surface area contributed by atoms with E-state index < -0.39 is 15.6 Å². The molecule has 1 amide bonds. The zero-order valence-corrected chi connectivity index (χ0v) is 20.8. The van der Waals surface area contributed by atoms with Gasteiger partial charge in [0.15, 0.2) is 0 Å². The minimum absolute atomic E-state index is 0.120. The molecule has 34 heavy (non-hydrogen) atoms. The third kappa shape index (κ3) is 5.56. The summed E-state index contributed by atoms with van der Waals surface area (Å²) in [5.74, 6) is 0.626. The number of sulfonamides is 1. The molecule has 7 nitrogen and oxygen atoms in total. The number of ether oxygens (including phenoxy) is 2. The second kappa shape index (κ2) is 9.35. The third-order valence-corrected chi connectivity index (χ3v) is 6.98. The Labute approximate surface area is 204 Å². The number of nitrogens with zero attached hydrogens (tertiary/aromatic N) is 1. The molecule has 9 heteroatoms. The fourth-order valence-corrected chi connectivity index (χ4v) is 4.98. The van der Waals surface area contributed by atoms with Crippen molar-refractivity contribution in [3.63, 3.8) is 0 Å². The first kappa shape index (κ1) is 24.2. The monoisotopic (exact) mass is 502 g/mol. The standard InChI is InChI=1S/C25H27ClN2O5S/c1-25(2,3)33-24(29)28-15-14-18(16-28)32-23-13-12-22(20-6-4-5-7-21(20)23)27-34(30,31)19-10-8-17(26)9-11-19/h4-13,18,27H,14-16H2,1-3H3. The lowest BCUT2D eigenvalue weighted by atomic mass is 10.1. The molecule has 180 valence electrons. The van der Waals surface area contributed by atoms with Gasteiger partial charge in [-0.2, -0.15) is 0 Å². The molecule has 3 aromatic carbocycles. The maximum Gasteiger partial charge on any atom is 0.410 e. The zero-order chi connectivity index (χ0) is 24.5. The highest BCUT2D eigenvalue weighted by Crippen LogP contribution is 2.34. The molecule has 1 N–H and O–H groups in total. The van der Waals surface area contributed by atoms with Gasteiger partial charge in [-0.1, -0.05) is 35.9 Å². The van der Waals surface area contributed by atoms with E-state index in [2.05, 4.69) is 4.72 Å². The number of hydrogen-bond acceptors (Lipinski definition) is 5. The number of carbonyl (C=O) groups excluding carboxylic acids is 1. The first-order valence-electron chi connectivity index (χ1n) is 11.0. The number of carbonyl (C=O) groups is 1. The van der Waals surface area contributed by atoms with Crippen molar-refractivity contribution in [2.75, 3.05) is 17.8 Å². The summed E-state index contributed by atoms with van der Waals surface area (Å²) in [6.07, 6.45) is 0.140. The number of likely N-dealkylation sites (tertiary alicyclic amines) is 1. The second-order valence-corrected chi connectivity index (χ2v) is 11.3. The molecule has 0 aromatic heterocycles. The molecule has 1 fully saturated rings. The molecule has 0 saturated carbocycles. The van der Waals surface area contributed by atoms with Gasteiger partial charge < -0.3 is 14.4 Å². The van der Waals surface area contributed by atoms with Crippen LogP contribution in [0.15, 0.2) is 65.6 Å². The molecule has 1 aliphatic heterocycles. The molecule has 1 saturated heterocycles. The number of halogens is 1. The largest absolute Gasteiger partial charge is 0.488 e. The molecule has 0 bridgehead atoms. The summed E-state index contributed by atoms with van der Waals surface area (Å²) in [5.41, 5.74) is -0.110. The summed E-state index contributed by atoms with van der Waals surface area (Å²) in [4.78, 5) is 14.1. The van der Waals surface area contributed by atoms with Crippen molar-refractivity contribution in [3.05, 3.63) is 65.7 Å². The van der Waals surface area contributed by atoms with Crippen molar-refractivity contribution in [2.45, 2.75) is 43.8 Å². The lowest BCUT2D eigenvalue weighted by Gasteiger charge is -2.24. The van der Waals surface area contributed by atoms with Crippen LogP contribution in [0.2, 0.25) is 5.02 Å². The van der Waals surface area contributed by atoms with E-state index in [1.807, 2.05) is 45.0 Å². The molecule has 0 aliphatic carbocycles. The third-order valence-electron chi connectivity index (χ3n) is 5.34. The van der Waals surface area contributed by atoms with Gasteiger partial charge in [0.1, 0.15) is 17.5 Å². The van der Waals surface area contributed by atoms with E-state index in [1.165, 1.54) is 24.3 Å². The molecule has 4 rings (SSSR count). The minimum atomic E-state index is -3.80. The van der Waals surface area contributed by atoms with Gasteiger partial charge in [-0.25, -0.2) is 13.2 Å². The van der Waals surface area contributed by atoms with Gasteiger partial charge >= 0.3 is 6.09 Å². The average molecular weight is 503 g/mol. The van der Waals surface area contributed by atoms with Crippen LogP contribution in [0.5, 0.6) is 5.75 Å². The predicted molar refractivity (Wildman–Crippen MR) is 133 cm³/mol. The normalized spacial score (nSPS) is 16.5. The highest BCUT2D eigenvalue weighted by molar-refractivity contribution is 7.92. The van der Waals surface area contributed by atoms with Crippen molar-refractivity contribution in [2.24, 2.45) is 0 Å². The summed E-state index contributed by atoms with van der Waals surface area (Å²) in [7, 11) is -3.80. The van der Waals surface area contributed by atoms with Crippen LogP contribution in [0.25, 0.3) is 10.8 Å². The minimum Gasteiger partial charge on any atom is -0.488 e. The fourth-order valence-electron chi connectivity index (χ4n) is 3.78. The first-order valence-corrected chi connectivity index (χ1v) is 12.8. The van der Waals surface area contributed by atoms with Crippen molar-refractivity contribution in [1.82, 2.24) is 4.90 Å². The van der Waals surface area contributed by atoms with Crippen LogP contribution in [0.1, 0.15) is 27.2 Å². The van der Waals surface area contributed by atoms with Gasteiger partial charge in [0.2, 0.25) is 0 Å². The molecule has 1 atom stereocenters. The Morgan fingerprint density at radius 1 is 1.03 bits per heavy atom. The number of anilines is 1. The Morgan fingerprint density at radius 2 is 1.71 bits per heavy atom. The van der Waals surface area contributed by atoms with E-state index in [9.17, 15) is 13.2 Å². The summed E-state index contributed by atoms with van der Waals surface area (Å²) in [6, 6.07) is 16.8. The Balaban J connectivity index is 1.54. The smallest absolute Gasteiger partial charge is 0.410 e. The molecular formula is C25H27ClN2O5S. The Hall–Kier alpha value is -2.97. The molecule has 1 aliphatic rings. The van der Waals surface area contributed by atoms with Crippen molar-refractivity contribution in [1.29, 1.82) is 0 Å². The second-order valence-electron chi connectivity index (χ2n) is 9.17. The molecule has 0 radical (unpaired) electrons. The van der Waals surface area contributed by atoms with Gasteiger partial charge in [0.25, 0.3) is 10.0 Å². The number of fused-ring (bicyclic) bond motifs is 1. The number of amides is 1. The van der Waals surface area contributed by atoms with Gasteiger partial charge in [-0.05, 0) is 57.2 Å². The van der Waals surface area contributed by atoms with Crippen LogP contribution >= 0.6 is 11.6 Å². The van der Waals surface area contributed by atoms with Crippen LogP contribution in [0, 0.1) is 0 Å². The topological polar surface area (TPSA) is 84.9 Å². The Kier molecular flexibility index (Phi) is 6.64. The van der Waals surface area contributed by atoms with E-state index in [1.54, 1.807) is 17.0 Å². The molecular weight excluding hydrogens is 476 g/mol. The van der Waals surface area contributed by atoms with Crippen molar-refractivity contribution in [3.8, 4) is 5.75 Å².